The molecule has 0 unspecified atom stereocenters. The predicted molar refractivity (Wildman–Crippen MR) is 78.6 cm³/mol. The third-order valence-electron chi connectivity index (χ3n) is 4.22. The topological polar surface area (TPSA) is 89.8 Å². The fourth-order valence-electron chi connectivity index (χ4n) is 2.86. The summed E-state index contributed by atoms with van der Waals surface area (Å²) in [6.07, 6.45) is 2.11. The summed E-state index contributed by atoms with van der Waals surface area (Å²) in [5.74, 6) is -1.07. The van der Waals surface area contributed by atoms with Gasteiger partial charge in [-0.3, -0.25) is 4.79 Å². The second-order valence-electron chi connectivity index (χ2n) is 5.92. The molecule has 1 aromatic carbocycles. The summed E-state index contributed by atoms with van der Waals surface area (Å²) in [7, 11) is 0. The van der Waals surface area contributed by atoms with Crippen LogP contribution in [-0.4, -0.2) is 33.4 Å². The molecule has 1 aliphatic carbocycles. The van der Waals surface area contributed by atoms with Crippen LogP contribution in [0, 0.1) is 5.92 Å². The van der Waals surface area contributed by atoms with E-state index in [0.29, 0.717) is 38.8 Å². The van der Waals surface area contributed by atoms with Crippen LogP contribution < -0.4 is 5.32 Å². The Morgan fingerprint density at radius 1 is 1.29 bits per heavy atom. The van der Waals surface area contributed by atoms with Crippen molar-refractivity contribution in [2.75, 3.05) is 6.54 Å². The molecule has 0 aliphatic heterocycles. The number of aliphatic carboxylic acids is 1. The maximum Gasteiger partial charge on any atom is 0.306 e. The zero-order valence-electron chi connectivity index (χ0n) is 12.1. The standard InChI is InChI=1S/C16H23NO4/c18-10-13-3-1-2-12(8-13)9-17-11-16(21)6-4-14(5-7-16)15(19)20/h1-3,8,14,17-18,21H,4-7,9-11H2,(H,19,20). The van der Waals surface area contributed by atoms with Crippen molar-refractivity contribution in [3.8, 4) is 0 Å². The van der Waals surface area contributed by atoms with Crippen molar-refractivity contribution in [3.63, 3.8) is 0 Å². The highest BCUT2D eigenvalue weighted by Crippen LogP contribution is 2.31. The predicted octanol–water partition coefficient (Wildman–Crippen LogP) is 1.27. The zero-order valence-corrected chi connectivity index (χ0v) is 12.1. The number of carboxylic acid groups (broad SMARTS) is 1. The van der Waals surface area contributed by atoms with Gasteiger partial charge in [0.25, 0.3) is 0 Å². The summed E-state index contributed by atoms with van der Waals surface area (Å²) in [4.78, 5) is 10.9. The van der Waals surface area contributed by atoms with Crippen molar-refractivity contribution < 1.29 is 20.1 Å². The van der Waals surface area contributed by atoms with Gasteiger partial charge in [-0.2, -0.15) is 0 Å². The van der Waals surface area contributed by atoms with E-state index in [1.165, 1.54) is 0 Å². The third-order valence-corrected chi connectivity index (χ3v) is 4.22. The lowest BCUT2D eigenvalue weighted by molar-refractivity contribution is -0.144. The maximum absolute atomic E-state index is 10.9. The van der Waals surface area contributed by atoms with Crippen molar-refractivity contribution in [1.82, 2.24) is 5.32 Å². The monoisotopic (exact) mass is 293 g/mol. The van der Waals surface area contributed by atoms with Gasteiger partial charge in [0, 0.05) is 13.1 Å². The van der Waals surface area contributed by atoms with Gasteiger partial charge >= 0.3 is 5.97 Å². The Kier molecular flexibility index (Phi) is 5.33. The van der Waals surface area contributed by atoms with Crippen LogP contribution in [0.25, 0.3) is 0 Å². The van der Waals surface area contributed by atoms with E-state index in [9.17, 15) is 9.90 Å². The molecule has 0 aromatic heterocycles. The number of hydrogen-bond donors (Lipinski definition) is 4. The molecule has 21 heavy (non-hydrogen) atoms. The number of rotatable bonds is 6. The second kappa shape index (κ2) is 7.02. The lowest BCUT2D eigenvalue weighted by atomic mass is 9.79. The quantitative estimate of drug-likeness (QED) is 0.634. The minimum absolute atomic E-state index is 0.0222. The molecular formula is C16H23NO4. The van der Waals surface area contributed by atoms with E-state index in [4.69, 9.17) is 10.2 Å². The lowest BCUT2D eigenvalue weighted by Crippen LogP contribution is -2.44. The lowest BCUT2D eigenvalue weighted by Gasteiger charge is -2.34. The van der Waals surface area contributed by atoms with E-state index in [1.807, 2.05) is 24.3 Å². The summed E-state index contributed by atoms with van der Waals surface area (Å²) >= 11 is 0. The molecule has 0 radical (unpaired) electrons. The van der Waals surface area contributed by atoms with Crippen molar-refractivity contribution in [2.24, 2.45) is 5.92 Å². The molecule has 5 nitrogen and oxygen atoms in total. The van der Waals surface area contributed by atoms with Gasteiger partial charge in [-0.1, -0.05) is 24.3 Å². The Morgan fingerprint density at radius 3 is 2.57 bits per heavy atom. The summed E-state index contributed by atoms with van der Waals surface area (Å²) in [5.41, 5.74) is 1.12. The molecule has 0 heterocycles. The molecule has 2 rings (SSSR count). The Balaban J connectivity index is 1.79. The number of hydrogen-bond acceptors (Lipinski definition) is 4. The molecule has 1 aromatic rings. The average molecular weight is 293 g/mol. The van der Waals surface area contributed by atoms with Crippen LogP contribution in [0.2, 0.25) is 0 Å². The Bertz CT molecular complexity index is 481. The van der Waals surface area contributed by atoms with Gasteiger partial charge in [0.15, 0.2) is 0 Å². The fraction of sp³-hybridized carbons (Fsp3) is 0.562. The SMILES string of the molecule is O=C(O)C1CCC(O)(CNCc2cccc(CO)c2)CC1. The van der Waals surface area contributed by atoms with Crippen molar-refractivity contribution in [2.45, 2.75) is 44.4 Å². The summed E-state index contributed by atoms with van der Waals surface area (Å²) in [6, 6.07) is 7.66. The Hall–Kier alpha value is -1.43. The van der Waals surface area contributed by atoms with Gasteiger partial charge in [0.2, 0.25) is 0 Å². The van der Waals surface area contributed by atoms with Gasteiger partial charge < -0.3 is 20.6 Å². The molecule has 0 saturated heterocycles. The fourth-order valence-corrected chi connectivity index (χ4v) is 2.86. The first-order valence-corrected chi connectivity index (χ1v) is 7.37. The third kappa shape index (κ3) is 4.52. The Labute approximate surface area is 124 Å². The summed E-state index contributed by atoms with van der Waals surface area (Å²) < 4.78 is 0. The van der Waals surface area contributed by atoms with Crippen LogP contribution in [0.5, 0.6) is 0 Å². The highest BCUT2D eigenvalue weighted by atomic mass is 16.4. The molecule has 1 aliphatic rings. The van der Waals surface area contributed by atoms with Gasteiger partial charge in [-0.15, -0.1) is 0 Å². The highest BCUT2D eigenvalue weighted by Gasteiger charge is 2.35. The van der Waals surface area contributed by atoms with Crippen molar-refractivity contribution >= 4 is 5.97 Å². The zero-order chi connectivity index (χ0) is 15.3. The molecule has 1 fully saturated rings. The van der Waals surface area contributed by atoms with Crippen LogP contribution in [0.1, 0.15) is 36.8 Å². The average Bonchev–Trinajstić information content (AvgIpc) is 2.48. The molecule has 0 bridgehead atoms. The van der Waals surface area contributed by atoms with E-state index in [1.54, 1.807) is 0 Å². The number of carboxylic acids is 1. The molecule has 0 amide bonds. The highest BCUT2D eigenvalue weighted by molar-refractivity contribution is 5.70. The molecule has 0 spiro atoms. The van der Waals surface area contributed by atoms with E-state index >= 15 is 0 Å². The first-order chi connectivity index (χ1) is 10.0. The second-order valence-corrected chi connectivity index (χ2v) is 5.92. The minimum atomic E-state index is -0.805. The number of benzene rings is 1. The van der Waals surface area contributed by atoms with E-state index in [0.717, 1.165) is 11.1 Å². The summed E-state index contributed by atoms with van der Waals surface area (Å²) in [6.45, 7) is 1.11. The number of nitrogens with one attached hydrogen (secondary N) is 1. The van der Waals surface area contributed by atoms with Crippen molar-refractivity contribution in [3.05, 3.63) is 35.4 Å². The molecule has 0 atom stereocenters. The van der Waals surface area contributed by atoms with Gasteiger partial charge in [-0.05, 0) is 36.8 Å². The smallest absolute Gasteiger partial charge is 0.306 e. The van der Waals surface area contributed by atoms with Crippen LogP contribution in [0.15, 0.2) is 24.3 Å². The maximum atomic E-state index is 10.9. The number of aliphatic hydroxyl groups excluding tert-OH is 1. The van der Waals surface area contributed by atoms with E-state index < -0.39 is 11.6 Å². The summed E-state index contributed by atoms with van der Waals surface area (Å²) in [5, 5.41) is 31.7. The van der Waals surface area contributed by atoms with Crippen LogP contribution in [-0.2, 0) is 17.9 Å². The number of carbonyl (C=O) groups is 1. The van der Waals surface area contributed by atoms with Gasteiger partial charge in [-0.25, -0.2) is 0 Å². The number of aliphatic hydroxyl groups is 2. The van der Waals surface area contributed by atoms with Gasteiger partial charge in [0.1, 0.15) is 0 Å². The first-order valence-electron chi connectivity index (χ1n) is 7.37. The molecule has 1 saturated carbocycles. The van der Waals surface area contributed by atoms with Crippen LogP contribution >= 0.6 is 0 Å². The Morgan fingerprint density at radius 2 is 1.95 bits per heavy atom. The normalized spacial score (nSPS) is 25.7. The van der Waals surface area contributed by atoms with Gasteiger partial charge in [0.05, 0.1) is 18.1 Å². The molecule has 116 valence electrons. The minimum Gasteiger partial charge on any atom is -0.481 e. The first kappa shape index (κ1) is 15.9. The molecule has 5 heteroatoms. The van der Waals surface area contributed by atoms with Crippen LogP contribution in [0.4, 0.5) is 0 Å². The van der Waals surface area contributed by atoms with Crippen molar-refractivity contribution in [1.29, 1.82) is 0 Å². The van der Waals surface area contributed by atoms with Crippen LogP contribution in [0.3, 0.4) is 0 Å². The van der Waals surface area contributed by atoms with E-state index in [-0.39, 0.29) is 12.5 Å². The molecule has 4 N–H and O–H groups in total. The largest absolute Gasteiger partial charge is 0.481 e. The van der Waals surface area contributed by atoms with E-state index in [2.05, 4.69) is 5.32 Å². The molecular weight excluding hydrogens is 270 g/mol.